The van der Waals surface area contributed by atoms with Crippen LogP contribution >= 0.6 is 0 Å². The quantitative estimate of drug-likeness (QED) is 0.460. The third-order valence-corrected chi connectivity index (χ3v) is 5.32. The molecule has 1 heterocycles. The average molecular weight is 401 g/mol. The zero-order chi connectivity index (χ0) is 21.3. The monoisotopic (exact) mass is 400 g/mol. The van der Waals surface area contributed by atoms with E-state index in [1.807, 2.05) is 48.5 Å². The molecule has 1 unspecified atom stereocenters. The van der Waals surface area contributed by atoms with Crippen molar-refractivity contribution >= 4 is 11.9 Å². The van der Waals surface area contributed by atoms with E-state index in [4.69, 9.17) is 5.41 Å². The molecule has 2 aromatic carbocycles. The zero-order valence-corrected chi connectivity index (χ0v) is 17.1. The van der Waals surface area contributed by atoms with Crippen molar-refractivity contribution in [2.24, 2.45) is 0 Å². The smallest absolute Gasteiger partial charge is 0.236 e. The lowest BCUT2D eigenvalue weighted by Crippen LogP contribution is -2.45. The van der Waals surface area contributed by atoms with E-state index < -0.39 is 11.9 Å². The molecule has 0 saturated carbocycles. The molecule has 0 bridgehead atoms. The lowest BCUT2D eigenvalue weighted by molar-refractivity contribution is -0.236. The van der Waals surface area contributed by atoms with Gasteiger partial charge in [-0.15, -0.1) is 0 Å². The van der Waals surface area contributed by atoms with Crippen LogP contribution in [0.4, 0.5) is 0 Å². The summed E-state index contributed by atoms with van der Waals surface area (Å²) in [5.41, 5.74) is 2.99. The Morgan fingerprint density at radius 1 is 0.933 bits per heavy atom. The van der Waals surface area contributed by atoms with Gasteiger partial charge in [0.15, 0.2) is 0 Å². The standard InChI is InChI=1S/C25H27N3O2/c1-2-28(25(26)30)24(29)22(23-15-9-10-18-27-23)17-16-21(19-11-5-3-6-12-19)20-13-7-4-8-14-20/h3-15,18,21-22H,2,16-17H2,1H3,(H2,26,30)/p-1. The largest absolute Gasteiger partial charge is 0.846 e. The minimum Gasteiger partial charge on any atom is -0.846 e. The van der Waals surface area contributed by atoms with Crippen LogP contribution < -0.4 is 5.11 Å². The summed E-state index contributed by atoms with van der Waals surface area (Å²) in [4.78, 5) is 18.5. The van der Waals surface area contributed by atoms with E-state index in [2.05, 4.69) is 29.2 Å². The zero-order valence-electron chi connectivity index (χ0n) is 17.1. The van der Waals surface area contributed by atoms with E-state index in [1.54, 1.807) is 19.2 Å². The number of hydrogen-bond acceptors (Lipinski definition) is 4. The molecule has 30 heavy (non-hydrogen) atoms. The van der Waals surface area contributed by atoms with Gasteiger partial charge in [0.2, 0.25) is 5.91 Å². The van der Waals surface area contributed by atoms with Gasteiger partial charge >= 0.3 is 0 Å². The van der Waals surface area contributed by atoms with Crippen LogP contribution in [-0.2, 0) is 4.79 Å². The highest BCUT2D eigenvalue weighted by Gasteiger charge is 2.28. The first kappa shape index (κ1) is 21.2. The van der Waals surface area contributed by atoms with Crippen molar-refractivity contribution in [2.45, 2.75) is 31.6 Å². The number of carbonyl (C=O) groups is 1. The molecular weight excluding hydrogens is 374 g/mol. The Kier molecular flexibility index (Phi) is 7.33. The molecule has 154 valence electrons. The van der Waals surface area contributed by atoms with Crippen LogP contribution in [0.1, 0.15) is 48.4 Å². The minimum absolute atomic E-state index is 0.119. The Hall–Kier alpha value is -3.47. The fraction of sp³-hybridized carbons (Fsp3) is 0.240. The third-order valence-electron chi connectivity index (χ3n) is 5.32. The van der Waals surface area contributed by atoms with Crippen LogP contribution in [0.5, 0.6) is 0 Å². The van der Waals surface area contributed by atoms with Gasteiger partial charge in [-0.1, -0.05) is 66.7 Å². The number of nitrogens with one attached hydrogen (secondary N) is 1. The summed E-state index contributed by atoms with van der Waals surface area (Å²) in [5, 5.41) is 19.1. The number of aromatic nitrogens is 1. The number of amidine groups is 1. The molecule has 0 fully saturated rings. The Morgan fingerprint density at radius 3 is 1.97 bits per heavy atom. The second-order valence-corrected chi connectivity index (χ2v) is 7.15. The van der Waals surface area contributed by atoms with Crippen molar-refractivity contribution in [1.82, 2.24) is 9.88 Å². The SMILES string of the molecule is CCN(C(=N)[O-])C(=O)C(CCC(c1ccccc1)c1ccccc1)c1ccccn1. The molecule has 5 nitrogen and oxygen atoms in total. The van der Waals surface area contributed by atoms with Crippen molar-refractivity contribution in [3.8, 4) is 0 Å². The fourth-order valence-electron chi connectivity index (χ4n) is 3.80. The number of benzene rings is 2. The van der Waals surface area contributed by atoms with Gasteiger partial charge in [0.05, 0.1) is 17.6 Å². The number of hydrogen-bond donors (Lipinski definition) is 1. The van der Waals surface area contributed by atoms with Crippen LogP contribution in [0.3, 0.4) is 0 Å². The van der Waals surface area contributed by atoms with Crippen LogP contribution in [0.25, 0.3) is 0 Å². The van der Waals surface area contributed by atoms with Gasteiger partial charge in [-0.25, -0.2) is 0 Å². The molecule has 3 aromatic rings. The van der Waals surface area contributed by atoms with Crippen molar-refractivity contribution in [3.05, 3.63) is 102 Å². The van der Waals surface area contributed by atoms with Crippen molar-refractivity contribution in [3.63, 3.8) is 0 Å². The minimum atomic E-state index is -0.980. The molecular formula is C25H26N3O2-. The van der Waals surface area contributed by atoms with Gasteiger partial charge < -0.3 is 10.0 Å². The lowest BCUT2D eigenvalue weighted by Gasteiger charge is -2.29. The summed E-state index contributed by atoms with van der Waals surface area (Å²) < 4.78 is 0. The Balaban J connectivity index is 1.91. The molecule has 0 saturated heterocycles. The summed E-state index contributed by atoms with van der Waals surface area (Å²) in [5.74, 6) is -0.820. The molecule has 1 amide bonds. The summed E-state index contributed by atoms with van der Waals surface area (Å²) in [6, 6.07) is 24.9. The van der Waals surface area contributed by atoms with Crippen molar-refractivity contribution in [2.75, 3.05) is 6.54 Å². The summed E-state index contributed by atoms with van der Waals surface area (Å²) in [6.45, 7) is 1.88. The van der Waals surface area contributed by atoms with Crippen LogP contribution in [0.2, 0.25) is 0 Å². The molecule has 1 N–H and O–H groups in total. The first-order valence-electron chi connectivity index (χ1n) is 10.2. The van der Waals surface area contributed by atoms with Gasteiger partial charge in [-0.2, -0.15) is 0 Å². The molecule has 1 atom stereocenters. The predicted molar refractivity (Wildman–Crippen MR) is 116 cm³/mol. The molecule has 0 aliphatic carbocycles. The lowest BCUT2D eigenvalue weighted by atomic mass is 9.84. The Labute approximate surface area is 177 Å². The first-order valence-corrected chi connectivity index (χ1v) is 10.2. The molecule has 5 heteroatoms. The van der Waals surface area contributed by atoms with Crippen molar-refractivity contribution in [1.29, 1.82) is 5.41 Å². The van der Waals surface area contributed by atoms with Crippen LogP contribution in [0, 0.1) is 5.41 Å². The summed E-state index contributed by atoms with van der Waals surface area (Å²) in [6.07, 6.45) is 2.89. The highest BCUT2D eigenvalue weighted by Crippen LogP contribution is 2.33. The van der Waals surface area contributed by atoms with E-state index >= 15 is 0 Å². The van der Waals surface area contributed by atoms with Crippen LogP contribution in [-0.4, -0.2) is 28.4 Å². The van der Waals surface area contributed by atoms with Gasteiger partial charge in [0.25, 0.3) is 0 Å². The maximum atomic E-state index is 13.1. The topological polar surface area (TPSA) is 80.1 Å². The van der Waals surface area contributed by atoms with Crippen LogP contribution in [0.15, 0.2) is 85.1 Å². The van der Waals surface area contributed by atoms with E-state index in [0.717, 1.165) is 4.90 Å². The number of pyridine rings is 1. The second kappa shape index (κ2) is 10.3. The van der Waals surface area contributed by atoms with Gasteiger partial charge in [-0.05, 0) is 43.0 Å². The molecule has 1 aromatic heterocycles. The second-order valence-electron chi connectivity index (χ2n) is 7.15. The number of amides is 1. The molecule has 0 aliphatic heterocycles. The van der Waals surface area contributed by atoms with E-state index in [9.17, 15) is 9.90 Å². The summed E-state index contributed by atoms with van der Waals surface area (Å²) >= 11 is 0. The van der Waals surface area contributed by atoms with Gasteiger partial charge in [0.1, 0.15) is 0 Å². The van der Waals surface area contributed by atoms with Gasteiger partial charge in [0, 0.05) is 18.7 Å². The number of nitrogens with zero attached hydrogens (tertiary/aromatic N) is 2. The Morgan fingerprint density at radius 2 is 1.50 bits per heavy atom. The summed E-state index contributed by atoms with van der Waals surface area (Å²) in [7, 11) is 0. The highest BCUT2D eigenvalue weighted by atomic mass is 16.3. The molecule has 0 spiro atoms. The molecule has 0 radical (unpaired) electrons. The highest BCUT2D eigenvalue weighted by molar-refractivity contribution is 5.95. The number of rotatable bonds is 8. The number of likely N-dealkylation sites (N-methyl/N-ethyl adjacent to an activating group) is 1. The average Bonchev–Trinajstić information content (AvgIpc) is 2.78. The first-order chi connectivity index (χ1) is 14.6. The maximum Gasteiger partial charge on any atom is 0.236 e. The maximum absolute atomic E-state index is 13.1. The predicted octanol–water partition coefficient (Wildman–Crippen LogP) is 3.92. The fourth-order valence-corrected chi connectivity index (χ4v) is 3.80. The van der Waals surface area contributed by atoms with E-state index in [1.165, 1.54) is 11.1 Å². The van der Waals surface area contributed by atoms with E-state index in [0.29, 0.717) is 18.5 Å². The number of carbonyl (C=O) groups excluding carboxylic acids is 1. The van der Waals surface area contributed by atoms with E-state index in [-0.39, 0.29) is 18.4 Å². The van der Waals surface area contributed by atoms with Gasteiger partial charge in [-0.3, -0.25) is 15.2 Å². The molecule has 0 aliphatic rings. The molecule has 3 rings (SSSR count). The third kappa shape index (κ3) is 5.11. The normalized spacial score (nSPS) is 11.8. The van der Waals surface area contributed by atoms with Crippen molar-refractivity contribution < 1.29 is 9.90 Å². The Bertz CT molecular complexity index is 906.